The Labute approximate surface area is 91.3 Å². The van der Waals surface area contributed by atoms with Crippen molar-refractivity contribution in [3.63, 3.8) is 0 Å². The number of methoxy groups -OCH3 is 1. The summed E-state index contributed by atoms with van der Waals surface area (Å²) in [5.74, 6) is -0.0375. The van der Waals surface area contributed by atoms with Gasteiger partial charge < -0.3 is 14.8 Å². The van der Waals surface area contributed by atoms with Gasteiger partial charge >= 0.3 is 0 Å². The van der Waals surface area contributed by atoms with Crippen molar-refractivity contribution in [3.05, 3.63) is 0 Å². The summed E-state index contributed by atoms with van der Waals surface area (Å²) < 4.78 is 10.4. The van der Waals surface area contributed by atoms with Gasteiger partial charge in [0.1, 0.15) is 6.61 Å². The standard InChI is InChI=1S/C11H21NO3/c1-5-15-7-10(13)12-8-6-9(14-4)11(8,2)3/h8-9H,5-7H2,1-4H3,(H,12,13). The van der Waals surface area contributed by atoms with Gasteiger partial charge in [0.2, 0.25) is 5.91 Å². The van der Waals surface area contributed by atoms with Gasteiger partial charge in [-0.2, -0.15) is 0 Å². The van der Waals surface area contributed by atoms with Crippen LogP contribution in [0.25, 0.3) is 0 Å². The van der Waals surface area contributed by atoms with Gasteiger partial charge in [0.15, 0.2) is 0 Å². The lowest BCUT2D eigenvalue weighted by Crippen LogP contribution is -2.62. The Hall–Kier alpha value is -0.610. The van der Waals surface area contributed by atoms with E-state index >= 15 is 0 Å². The molecule has 0 spiro atoms. The Morgan fingerprint density at radius 2 is 2.20 bits per heavy atom. The van der Waals surface area contributed by atoms with Crippen LogP contribution >= 0.6 is 0 Å². The average Bonchev–Trinajstić information content (AvgIpc) is 2.20. The van der Waals surface area contributed by atoms with Crippen molar-refractivity contribution >= 4 is 5.91 Å². The van der Waals surface area contributed by atoms with E-state index in [0.29, 0.717) is 6.61 Å². The lowest BCUT2D eigenvalue weighted by molar-refractivity contribution is -0.136. The van der Waals surface area contributed by atoms with E-state index in [2.05, 4.69) is 19.2 Å². The summed E-state index contributed by atoms with van der Waals surface area (Å²) >= 11 is 0. The van der Waals surface area contributed by atoms with Gasteiger partial charge in [0.25, 0.3) is 0 Å². The minimum Gasteiger partial charge on any atom is -0.381 e. The summed E-state index contributed by atoms with van der Waals surface area (Å²) in [6, 6.07) is 0.204. The molecule has 1 saturated carbocycles. The number of hydrogen-bond donors (Lipinski definition) is 1. The molecule has 0 aliphatic heterocycles. The van der Waals surface area contributed by atoms with Crippen molar-refractivity contribution < 1.29 is 14.3 Å². The van der Waals surface area contributed by atoms with E-state index in [4.69, 9.17) is 9.47 Å². The maximum Gasteiger partial charge on any atom is 0.246 e. The van der Waals surface area contributed by atoms with E-state index in [1.165, 1.54) is 0 Å². The minimum atomic E-state index is -0.0375. The lowest BCUT2D eigenvalue weighted by atomic mass is 9.64. The molecule has 0 radical (unpaired) electrons. The molecular formula is C11H21NO3. The highest BCUT2D eigenvalue weighted by molar-refractivity contribution is 5.77. The predicted octanol–water partition coefficient (Wildman–Crippen LogP) is 0.953. The molecule has 0 aromatic carbocycles. The second kappa shape index (κ2) is 4.94. The van der Waals surface area contributed by atoms with E-state index < -0.39 is 0 Å². The third-order valence-corrected chi connectivity index (χ3v) is 3.23. The first-order valence-electron chi connectivity index (χ1n) is 5.42. The van der Waals surface area contributed by atoms with Crippen LogP contribution in [0.3, 0.4) is 0 Å². The minimum absolute atomic E-state index is 0.0244. The fraction of sp³-hybridized carbons (Fsp3) is 0.909. The van der Waals surface area contributed by atoms with Gasteiger partial charge in [-0.3, -0.25) is 4.79 Å². The SMILES string of the molecule is CCOCC(=O)NC1CC(OC)C1(C)C. The van der Waals surface area contributed by atoms with Gasteiger partial charge in [0.05, 0.1) is 6.10 Å². The molecule has 4 heteroatoms. The summed E-state index contributed by atoms with van der Waals surface area (Å²) in [5.41, 5.74) is 0.0244. The summed E-state index contributed by atoms with van der Waals surface area (Å²) in [7, 11) is 1.71. The highest BCUT2D eigenvalue weighted by Crippen LogP contribution is 2.42. The molecule has 1 aliphatic carbocycles. The summed E-state index contributed by atoms with van der Waals surface area (Å²) in [4.78, 5) is 11.4. The monoisotopic (exact) mass is 215 g/mol. The average molecular weight is 215 g/mol. The van der Waals surface area contributed by atoms with Crippen LogP contribution in [0.15, 0.2) is 0 Å². The molecule has 1 rings (SSSR count). The highest BCUT2D eigenvalue weighted by atomic mass is 16.5. The zero-order valence-corrected chi connectivity index (χ0v) is 10.0. The van der Waals surface area contributed by atoms with Gasteiger partial charge in [-0.05, 0) is 13.3 Å². The molecule has 0 aromatic rings. The molecule has 0 heterocycles. The third kappa shape index (κ3) is 2.69. The number of carbonyl (C=O) groups excluding carboxylic acids is 1. The normalized spacial score (nSPS) is 28.3. The topological polar surface area (TPSA) is 47.6 Å². The Morgan fingerprint density at radius 1 is 1.53 bits per heavy atom. The predicted molar refractivity (Wildman–Crippen MR) is 57.6 cm³/mol. The van der Waals surface area contributed by atoms with Crippen molar-refractivity contribution in [1.82, 2.24) is 5.32 Å². The summed E-state index contributed by atoms with van der Waals surface area (Å²) in [6.07, 6.45) is 1.14. The van der Waals surface area contributed by atoms with Crippen molar-refractivity contribution in [2.24, 2.45) is 5.41 Å². The van der Waals surface area contributed by atoms with Crippen LogP contribution in [0.2, 0.25) is 0 Å². The number of amides is 1. The van der Waals surface area contributed by atoms with Crippen LogP contribution in [0, 0.1) is 5.41 Å². The first kappa shape index (κ1) is 12.5. The zero-order chi connectivity index (χ0) is 11.5. The molecule has 2 atom stereocenters. The quantitative estimate of drug-likeness (QED) is 0.743. The lowest BCUT2D eigenvalue weighted by Gasteiger charge is -2.51. The second-order valence-corrected chi connectivity index (χ2v) is 4.54. The Balaban J connectivity index is 2.32. The van der Waals surface area contributed by atoms with E-state index in [0.717, 1.165) is 6.42 Å². The molecule has 88 valence electrons. The third-order valence-electron chi connectivity index (χ3n) is 3.23. The fourth-order valence-corrected chi connectivity index (χ4v) is 1.96. The van der Waals surface area contributed by atoms with E-state index in [1.807, 2.05) is 6.92 Å². The van der Waals surface area contributed by atoms with E-state index in [9.17, 15) is 4.79 Å². The van der Waals surface area contributed by atoms with Crippen molar-refractivity contribution in [1.29, 1.82) is 0 Å². The molecule has 1 N–H and O–H groups in total. The number of ether oxygens (including phenoxy) is 2. The number of rotatable bonds is 5. The molecule has 1 aliphatic rings. The van der Waals surface area contributed by atoms with Gasteiger partial charge in [0, 0.05) is 25.2 Å². The van der Waals surface area contributed by atoms with Crippen LogP contribution in [-0.2, 0) is 14.3 Å². The largest absolute Gasteiger partial charge is 0.381 e. The number of hydrogen-bond acceptors (Lipinski definition) is 3. The van der Waals surface area contributed by atoms with Crippen LogP contribution in [0.5, 0.6) is 0 Å². The molecule has 4 nitrogen and oxygen atoms in total. The number of nitrogens with one attached hydrogen (secondary N) is 1. The fourth-order valence-electron chi connectivity index (χ4n) is 1.96. The number of carbonyl (C=O) groups is 1. The Kier molecular flexibility index (Phi) is 4.11. The molecule has 15 heavy (non-hydrogen) atoms. The first-order chi connectivity index (χ1) is 7.02. The van der Waals surface area contributed by atoms with Crippen LogP contribution in [0.1, 0.15) is 27.2 Å². The van der Waals surface area contributed by atoms with Crippen molar-refractivity contribution in [2.45, 2.75) is 39.3 Å². The summed E-state index contributed by atoms with van der Waals surface area (Å²) in [6.45, 7) is 6.82. The smallest absolute Gasteiger partial charge is 0.246 e. The van der Waals surface area contributed by atoms with Crippen LogP contribution < -0.4 is 5.32 Å². The molecule has 0 bridgehead atoms. The molecule has 0 aromatic heterocycles. The maximum absolute atomic E-state index is 11.4. The van der Waals surface area contributed by atoms with Crippen molar-refractivity contribution in [2.75, 3.05) is 20.3 Å². The molecular weight excluding hydrogens is 194 g/mol. The first-order valence-corrected chi connectivity index (χ1v) is 5.42. The summed E-state index contributed by atoms with van der Waals surface area (Å²) in [5, 5.41) is 2.96. The Morgan fingerprint density at radius 3 is 2.67 bits per heavy atom. The van der Waals surface area contributed by atoms with E-state index in [1.54, 1.807) is 7.11 Å². The van der Waals surface area contributed by atoms with E-state index in [-0.39, 0.29) is 30.1 Å². The molecule has 1 fully saturated rings. The molecule has 2 unspecified atom stereocenters. The van der Waals surface area contributed by atoms with Crippen LogP contribution in [0.4, 0.5) is 0 Å². The zero-order valence-electron chi connectivity index (χ0n) is 10.0. The molecule has 1 amide bonds. The Bertz CT molecular complexity index is 228. The van der Waals surface area contributed by atoms with Crippen LogP contribution in [-0.4, -0.2) is 38.4 Å². The van der Waals surface area contributed by atoms with Crippen molar-refractivity contribution in [3.8, 4) is 0 Å². The second-order valence-electron chi connectivity index (χ2n) is 4.54. The van der Waals surface area contributed by atoms with Gasteiger partial charge in [-0.15, -0.1) is 0 Å². The highest BCUT2D eigenvalue weighted by Gasteiger charge is 2.49. The molecule has 0 saturated heterocycles. The van der Waals surface area contributed by atoms with Gasteiger partial charge in [-0.25, -0.2) is 0 Å². The maximum atomic E-state index is 11.4. The van der Waals surface area contributed by atoms with Gasteiger partial charge in [-0.1, -0.05) is 13.8 Å².